The molecule has 0 aromatic heterocycles. The fourth-order valence-electron chi connectivity index (χ4n) is 0.864. The molecule has 1 nitrogen and oxygen atoms in total. The maximum atomic E-state index is 9.04. The quantitative estimate of drug-likeness (QED) is 0.769. The van der Waals surface area contributed by atoms with Crippen molar-refractivity contribution in [1.82, 2.24) is 0 Å². The number of aliphatic hydroxyl groups is 1. The van der Waals surface area contributed by atoms with E-state index in [1.54, 1.807) is 0 Å². The molecule has 0 aliphatic heterocycles. The third-order valence-corrected chi connectivity index (χ3v) is 3.74. The van der Waals surface area contributed by atoms with Gasteiger partial charge in [0, 0.05) is 0 Å². The second-order valence-electron chi connectivity index (χ2n) is 2.80. The summed E-state index contributed by atoms with van der Waals surface area (Å²) in [6, 6.07) is 10.5. The molecule has 0 spiro atoms. The SMILES string of the molecule is CC(O)CC[Se]c1ccccc1. The van der Waals surface area contributed by atoms with Gasteiger partial charge in [0.25, 0.3) is 0 Å². The van der Waals surface area contributed by atoms with Gasteiger partial charge in [-0.15, -0.1) is 0 Å². The fourth-order valence-corrected chi connectivity index (χ4v) is 3.05. The van der Waals surface area contributed by atoms with Gasteiger partial charge in [-0.2, -0.15) is 0 Å². The van der Waals surface area contributed by atoms with Crippen LogP contribution in [0.4, 0.5) is 0 Å². The van der Waals surface area contributed by atoms with Gasteiger partial charge in [-0.3, -0.25) is 0 Å². The van der Waals surface area contributed by atoms with Crippen molar-refractivity contribution in [3.8, 4) is 0 Å². The zero-order valence-corrected chi connectivity index (χ0v) is 8.95. The van der Waals surface area contributed by atoms with Crippen LogP contribution in [0.2, 0.25) is 5.32 Å². The number of hydrogen-bond acceptors (Lipinski definition) is 1. The van der Waals surface area contributed by atoms with Crippen LogP contribution in [-0.4, -0.2) is 26.2 Å². The van der Waals surface area contributed by atoms with E-state index in [1.807, 2.05) is 13.0 Å². The number of aliphatic hydroxyl groups excluding tert-OH is 1. The van der Waals surface area contributed by atoms with Crippen LogP contribution in [0.1, 0.15) is 13.3 Å². The third kappa shape index (κ3) is 3.91. The first-order valence-corrected chi connectivity index (χ1v) is 6.22. The molecule has 0 saturated carbocycles. The molecule has 2 heteroatoms. The Labute approximate surface area is 80.0 Å². The summed E-state index contributed by atoms with van der Waals surface area (Å²) >= 11 is 0.540. The summed E-state index contributed by atoms with van der Waals surface area (Å²) in [6.45, 7) is 1.85. The molecule has 0 radical (unpaired) electrons. The Morgan fingerprint density at radius 3 is 2.58 bits per heavy atom. The second-order valence-corrected chi connectivity index (χ2v) is 5.25. The van der Waals surface area contributed by atoms with Crippen LogP contribution in [0.15, 0.2) is 30.3 Å². The van der Waals surface area contributed by atoms with E-state index in [2.05, 4.69) is 24.3 Å². The van der Waals surface area contributed by atoms with Crippen molar-refractivity contribution in [3.63, 3.8) is 0 Å². The molecule has 0 amide bonds. The molecule has 0 aliphatic rings. The molecule has 0 aliphatic carbocycles. The number of hydrogen-bond donors (Lipinski definition) is 1. The predicted octanol–water partition coefficient (Wildman–Crippen LogP) is 1.21. The van der Waals surface area contributed by atoms with E-state index >= 15 is 0 Å². The minimum atomic E-state index is -0.143. The van der Waals surface area contributed by atoms with Gasteiger partial charge in [-0.1, -0.05) is 0 Å². The molecule has 1 rings (SSSR count). The van der Waals surface area contributed by atoms with Crippen LogP contribution in [0.25, 0.3) is 0 Å². The molecule has 66 valence electrons. The molecule has 1 aromatic rings. The van der Waals surface area contributed by atoms with Crippen molar-refractivity contribution in [3.05, 3.63) is 30.3 Å². The Bertz CT molecular complexity index is 208. The van der Waals surface area contributed by atoms with Crippen molar-refractivity contribution in [2.24, 2.45) is 0 Å². The zero-order chi connectivity index (χ0) is 8.81. The van der Waals surface area contributed by atoms with Crippen molar-refractivity contribution in [1.29, 1.82) is 0 Å². The molecule has 1 atom stereocenters. The van der Waals surface area contributed by atoms with E-state index in [0.717, 1.165) is 11.7 Å². The van der Waals surface area contributed by atoms with Gasteiger partial charge in [-0.05, 0) is 0 Å². The standard InChI is InChI=1S/C10H14OSe/c1-9(11)7-8-12-10-5-3-2-4-6-10/h2-6,9,11H,7-8H2,1H3. The normalized spacial score (nSPS) is 12.8. The predicted molar refractivity (Wildman–Crippen MR) is 52.9 cm³/mol. The first-order valence-electron chi connectivity index (χ1n) is 4.15. The van der Waals surface area contributed by atoms with Crippen molar-refractivity contribution in [2.45, 2.75) is 24.8 Å². The van der Waals surface area contributed by atoms with E-state index < -0.39 is 0 Å². The summed E-state index contributed by atoms with van der Waals surface area (Å²) < 4.78 is 1.42. The molecular formula is C10H14OSe. The van der Waals surface area contributed by atoms with E-state index in [0.29, 0.717) is 15.0 Å². The summed E-state index contributed by atoms with van der Waals surface area (Å²) in [7, 11) is 0. The van der Waals surface area contributed by atoms with Crippen LogP contribution in [0.3, 0.4) is 0 Å². The first-order chi connectivity index (χ1) is 5.79. The van der Waals surface area contributed by atoms with Crippen LogP contribution in [-0.2, 0) is 0 Å². The molecule has 0 saturated heterocycles. The molecule has 0 heterocycles. The Balaban J connectivity index is 2.25. The molecular weight excluding hydrogens is 215 g/mol. The van der Waals surface area contributed by atoms with Crippen LogP contribution < -0.4 is 4.46 Å². The van der Waals surface area contributed by atoms with E-state index in [4.69, 9.17) is 5.11 Å². The van der Waals surface area contributed by atoms with Crippen molar-refractivity contribution >= 4 is 19.4 Å². The average Bonchev–Trinajstić information content (AvgIpc) is 2.05. The van der Waals surface area contributed by atoms with Gasteiger partial charge in [0.1, 0.15) is 0 Å². The molecule has 1 aromatic carbocycles. The van der Waals surface area contributed by atoms with Crippen molar-refractivity contribution in [2.75, 3.05) is 0 Å². The topological polar surface area (TPSA) is 20.2 Å². The van der Waals surface area contributed by atoms with Gasteiger partial charge < -0.3 is 0 Å². The van der Waals surface area contributed by atoms with Gasteiger partial charge in [-0.25, -0.2) is 0 Å². The Hall–Kier alpha value is -0.301. The molecule has 1 unspecified atom stereocenters. The summed E-state index contributed by atoms with van der Waals surface area (Å²) in [5, 5.41) is 10.2. The van der Waals surface area contributed by atoms with E-state index in [9.17, 15) is 0 Å². The Kier molecular flexibility index (Phi) is 4.37. The molecule has 1 N–H and O–H groups in total. The third-order valence-electron chi connectivity index (χ3n) is 1.55. The zero-order valence-electron chi connectivity index (χ0n) is 7.23. The second kappa shape index (κ2) is 5.36. The minimum absolute atomic E-state index is 0.143. The van der Waals surface area contributed by atoms with Gasteiger partial charge >= 0.3 is 79.6 Å². The molecule has 0 fully saturated rings. The van der Waals surface area contributed by atoms with Crippen LogP contribution in [0.5, 0.6) is 0 Å². The monoisotopic (exact) mass is 230 g/mol. The van der Waals surface area contributed by atoms with Crippen LogP contribution >= 0.6 is 0 Å². The fraction of sp³-hybridized carbons (Fsp3) is 0.400. The summed E-state index contributed by atoms with van der Waals surface area (Å²) in [4.78, 5) is 0. The maximum absolute atomic E-state index is 9.04. The van der Waals surface area contributed by atoms with Gasteiger partial charge in [0.05, 0.1) is 0 Å². The van der Waals surface area contributed by atoms with Crippen LogP contribution in [0, 0.1) is 0 Å². The summed E-state index contributed by atoms with van der Waals surface area (Å²) in [5.74, 6) is 0. The van der Waals surface area contributed by atoms with E-state index in [-0.39, 0.29) is 6.10 Å². The Morgan fingerprint density at radius 1 is 1.33 bits per heavy atom. The number of benzene rings is 1. The Morgan fingerprint density at radius 2 is 2.00 bits per heavy atom. The van der Waals surface area contributed by atoms with Crippen molar-refractivity contribution < 1.29 is 5.11 Å². The molecule has 12 heavy (non-hydrogen) atoms. The number of rotatable bonds is 4. The first kappa shape index (κ1) is 9.78. The van der Waals surface area contributed by atoms with E-state index in [1.165, 1.54) is 4.46 Å². The summed E-state index contributed by atoms with van der Waals surface area (Å²) in [5.41, 5.74) is 0. The average molecular weight is 229 g/mol. The van der Waals surface area contributed by atoms with Gasteiger partial charge in [0.15, 0.2) is 0 Å². The van der Waals surface area contributed by atoms with Gasteiger partial charge in [0.2, 0.25) is 0 Å². The molecule has 0 bridgehead atoms. The summed E-state index contributed by atoms with van der Waals surface area (Å²) in [6.07, 6.45) is 0.783.